The molecule has 0 amide bonds. The summed E-state index contributed by atoms with van der Waals surface area (Å²) in [5.41, 5.74) is 2.69. The fourth-order valence-electron chi connectivity index (χ4n) is 2.81. The summed E-state index contributed by atoms with van der Waals surface area (Å²) in [5.74, 6) is 0. The zero-order chi connectivity index (χ0) is 13.7. The van der Waals surface area contributed by atoms with Crippen LogP contribution in [-0.2, 0) is 6.54 Å². The number of hydrogen-bond acceptors (Lipinski definition) is 2. The monoisotopic (exact) mass is 280 g/mol. The number of hydrogen-bond donors (Lipinski definition) is 1. The first-order valence-corrected chi connectivity index (χ1v) is 7.86. The van der Waals surface area contributed by atoms with Crippen molar-refractivity contribution in [2.24, 2.45) is 0 Å². The Bertz CT molecular complexity index is 406. The Kier molecular flexibility index (Phi) is 5.53. The summed E-state index contributed by atoms with van der Waals surface area (Å²) in [7, 11) is 0. The van der Waals surface area contributed by atoms with Crippen LogP contribution in [0.1, 0.15) is 45.1 Å². The summed E-state index contributed by atoms with van der Waals surface area (Å²) >= 11 is 6.20. The Labute approximate surface area is 122 Å². The van der Waals surface area contributed by atoms with Crippen molar-refractivity contribution < 1.29 is 0 Å². The van der Waals surface area contributed by atoms with Gasteiger partial charge < -0.3 is 10.2 Å². The van der Waals surface area contributed by atoms with E-state index in [2.05, 4.69) is 36.2 Å². The molecule has 1 aliphatic heterocycles. The molecule has 19 heavy (non-hydrogen) atoms. The van der Waals surface area contributed by atoms with Gasteiger partial charge in [0.05, 0.1) is 0 Å². The maximum absolute atomic E-state index is 6.20. The predicted octanol–water partition coefficient (Wildman–Crippen LogP) is 4.22. The predicted molar refractivity (Wildman–Crippen MR) is 84.1 cm³/mol. The van der Waals surface area contributed by atoms with Gasteiger partial charge in [-0.15, -0.1) is 0 Å². The summed E-state index contributed by atoms with van der Waals surface area (Å²) in [6.45, 7) is 7.68. The van der Waals surface area contributed by atoms with Gasteiger partial charge in [0.25, 0.3) is 0 Å². The number of nitrogens with zero attached hydrogens (tertiary/aromatic N) is 1. The highest BCUT2D eigenvalue weighted by molar-refractivity contribution is 6.30. The molecule has 0 aromatic heterocycles. The average Bonchev–Trinajstić information content (AvgIpc) is 2.41. The van der Waals surface area contributed by atoms with Gasteiger partial charge in [0.1, 0.15) is 0 Å². The third kappa shape index (κ3) is 3.87. The van der Waals surface area contributed by atoms with Crippen LogP contribution in [0.25, 0.3) is 0 Å². The van der Waals surface area contributed by atoms with Crippen LogP contribution in [-0.4, -0.2) is 19.1 Å². The van der Waals surface area contributed by atoms with E-state index in [0.29, 0.717) is 6.04 Å². The fourth-order valence-corrected chi connectivity index (χ4v) is 2.98. The molecule has 1 saturated heterocycles. The van der Waals surface area contributed by atoms with Crippen LogP contribution in [0.4, 0.5) is 5.69 Å². The van der Waals surface area contributed by atoms with Crippen molar-refractivity contribution in [1.29, 1.82) is 0 Å². The topological polar surface area (TPSA) is 15.3 Å². The van der Waals surface area contributed by atoms with E-state index >= 15 is 0 Å². The van der Waals surface area contributed by atoms with Crippen LogP contribution in [0.3, 0.4) is 0 Å². The highest BCUT2D eigenvalue weighted by Crippen LogP contribution is 2.30. The molecule has 2 rings (SSSR count). The standard InChI is InChI=1S/C16H25ClN2/c1-3-9-18-12-14-7-8-15(17)11-16(14)19-10-5-4-6-13(19)2/h7-8,11,13,18H,3-6,9-10,12H2,1-2H3. The number of rotatable bonds is 5. The fraction of sp³-hybridized carbons (Fsp3) is 0.625. The molecule has 1 heterocycles. The number of halogens is 1. The molecule has 1 atom stereocenters. The molecule has 1 aromatic rings. The van der Waals surface area contributed by atoms with Gasteiger partial charge in [0.15, 0.2) is 0 Å². The van der Waals surface area contributed by atoms with Gasteiger partial charge in [-0.2, -0.15) is 0 Å². The molecule has 0 spiro atoms. The first-order chi connectivity index (χ1) is 9.22. The highest BCUT2D eigenvalue weighted by atomic mass is 35.5. The van der Waals surface area contributed by atoms with Crippen molar-refractivity contribution in [3.63, 3.8) is 0 Å². The third-order valence-corrected chi connectivity index (χ3v) is 4.14. The largest absolute Gasteiger partial charge is 0.369 e. The van der Waals surface area contributed by atoms with Gasteiger partial charge in [0.2, 0.25) is 0 Å². The lowest BCUT2D eigenvalue weighted by Gasteiger charge is -2.37. The quantitative estimate of drug-likeness (QED) is 0.813. The molecule has 1 N–H and O–H groups in total. The van der Waals surface area contributed by atoms with Crippen molar-refractivity contribution in [3.8, 4) is 0 Å². The van der Waals surface area contributed by atoms with E-state index in [1.807, 2.05) is 6.07 Å². The second kappa shape index (κ2) is 7.16. The second-order valence-corrected chi connectivity index (χ2v) is 5.92. The van der Waals surface area contributed by atoms with Crippen LogP contribution in [0.5, 0.6) is 0 Å². The zero-order valence-electron chi connectivity index (χ0n) is 12.1. The Balaban J connectivity index is 2.18. The Morgan fingerprint density at radius 2 is 2.21 bits per heavy atom. The second-order valence-electron chi connectivity index (χ2n) is 5.49. The lowest BCUT2D eigenvalue weighted by atomic mass is 10.0. The minimum absolute atomic E-state index is 0.622. The molecular weight excluding hydrogens is 256 g/mol. The molecule has 1 unspecified atom stereocenters. The molecule has 0 aliphatic carbocycles. The maximum Gasteiger partial charge on any atom is 0.0429 e. The van der Waals surface area contributed by atoms with E-state index in [9.17, 15) is 0 Å². The lowest BCUT2D eigenvalue weighted by molar-refractivity contribution is 0.483. The first kappa shape index (κ1) is 14.7. The van der Waals surface area contributed by atoms with E-state index in [1.165, 1.54) is 36.9 Å². The highest BCUT2D eigenvalue weighted by Gasteiger charge is 2.20. The normalized spacial score (nSPS) is 19.7. The van der Waals surface area contributed by atoms with Crippen LogP contribution >= 0.6 is 11.6 Å². The Morgan fingerprint density at radius 1 is 1.37 bits per heavy atom. The minimum atomic E-state index is 0.622. The van der Waals surface area contributed by atoms with Crippen LogP contribution in [0.2, 0.25) is 5.02 Å². The number of benzene rings is 1. The summed E-state index contributed by atoms with van der Waals surface area (Å²) in [4.78, 5) is 2.53. The Hall–Kier alpha value is -0.730. The van der Waals surface area contributed by atoms with E-state index in [1.54, 1.807) is 0 Å². The van der Waals surface area contributed by atoms with Crippen molar-refractivity contribution in [1.82, 2.24) is 5.32 Å². The van der Waals surface area contributed by atoms with Gasteiger partial charge in [-0.1, -0.05) is 24.6 Å². The van der Waals surface area contributed by atoms with E-state index < -0.39 is 0 Å². The molecule has 1 aromatic carbocycles. The molecule has 0 radical (unpaired) electrons. The average molecular weight is 281 g/mol. The molecule has 1 aliphatic rings. The molecule has 106 valence electrons. The van der Waals surface area contributed by atoms with Crippen molar-refractivity contribution in [2.75, 3.05) is 18.0 Å². The van der Waals surface area contributed by atoms with Crippen molar-refractivity contribution in [2.45, 2.75) is 52.1 Å². The van der Waals surface area contributed by atoms with E-state index in [4.69, 9.17) is 11.6 Å². The molecule has 0 saturated carbocycles. The third-order valence-electron chi connectivity index (χ3n) is 3.90. The van der Waals surface area contributed by atoms with Crippen LogP contribution < -0.4 is 10.2 Å². The molecule has 2 nitrogen and oxygen atoms in total. The van der Waals surface area contributed by atoms with Gasteiger partial charge in [0, 0.05) is 29.8 Å². The van der Waals surface area contributed by atoms with Crippen LogP contribution in [0.15, 0.2) is 18.2 Å². The summed E-state index contributed by atoms with van der Waals surface area (Å²) < 4.78 is 0. The van der Waals surface area contributed by atoms with E-state index in [0.717, 1.165) is 24.7 Å². The van der Waals surface area contributed by atoms with Gasteiger partial charge in [-0.3, -0.25) is 0 Å². The van der Waals surface area contributed by atoms with Crippen LogP contribution in [0, 0.1) is 0 Å². The zero-order valence-corrected chi connectivity index (χ0v) is 12.8. The summed E-state index contributed by atoms with van der Waals surface area (Å²) in [5, 5.41) is 4.34. The smallest absolute Gasteiger partial charge is 0.0429 e. The van der Waals surface area contributed by atoms with Gasteiger partial charge in [-0.05, 0) is 56.8 Å². The van der Waals surface area contributed by atoms with Gasteiger partial charge >= 0.3 is 0 Å². The minimum Gasteiger partial charge on any atom is -0.369 e. The van der Waals surface area contributed by atoms with Crippen molar-refractivity contribution >= 4 is 17.3 Å². The summed E-state index contributed by atoms with van der Waals surface area (Å²) in [6, 6.07) is 6.92. The summed E-state index contributed by atoms with van der Waals surface area (Å²) in [6.07, 6.45) is 5.09. The van der Waals surface area contributed by atoms with Gasteiger partial charge in [-0.25, -0.2) is 0 Å². The van der Waals surface area contributed by atoms with E-state index in [-0.39, 0.29) is 0 Å². The van der Waals surface area contributed by atoms with Crippen molar-refractivity contribution in [3.05, 3.63) is 28.8 Å². The number of nitrogens with one attached hydrogen (secondary N) is 1. The number of piperidine rings is 1. The number of anilines is 1. The molecule has 0 bridgehead atoms. The lowest BCUT2D eigenvalue weighted by Crippen LogP contribution is -2.38. The molecule has 3 heteroatoms. The molecule has 1 fully saturated rings. The SMILES string of the molecule is CCCNCc1ccc(Cl)cc1N1CCCCC1C. The first-order valence-electron chi connectivity index (χ1n) is 7.48. The maximum atomic E-state index is 6.20. The Morgan fingerprint density at radius 3 is 2.95 bits per heavy atom. The molecular formula is C16H25ClN2.